The molecule has 29 heavy (non-hydrogen) atoms. The number of halogens is 2. The molecule has 3 atom stereocenters. The molecule has 0 aliphatic heterocycles. The largest absolute Gasteiger partial charge is 0.490 e. The third-order valence-electron chi connectivity index (χ3n) is 5.18. The van der Waals surface area contributed by atoms with Crippen LogP contribution in [0.4, 0.5) is 10.2 Å². The van der Waals surface area contributed by atoms with Gasteiger partial charge >= 0.3 is 0 Å². The van der Waals surface area contributed by atoms with Crippen molar-refractivity contribution in [2.45, 2.75) is 64.2 Å². The molecule has 1 heterocycles. The summed E-state index contributed by atoms with van der Waals surface area (Å²) < 4.78 is 19.3. The number of nitrogens with zero attached hydrogens (tertiary/aromatic N) is 1. The van der Waals surface area contributed by atoms with Crippen molar-refractivity contribution in [1.29, 1.82) is 0 Å². The Balaban J connectivity index is 1.67. The van der Waals surface area contributed by atoms with Gasteiger partial charge < -0.3 is 15.8 Å². The fourth-order valence-corrected chi connectivity index (χ4v) is 4.22. The van der Waals surface area contributed by atoms with Gasteiger partial charge in [-0.15, -0.1) is 0 Å². The maximum atomic E-state index is 13.4. The van der Waals surface area contributed by atoms with E-state index in [2.05, 4.69) is 24.1 Å². The predicted molar refractivity (Wildman–Crippen MR) is 118 cm³/mol. The summed E-state index contributed by atoms with van der Waals surface area (Å²) in [6.07, 6.45) is 3.91. The third kappa shape index (κ3) is 6.31. The minimum Gasteiger partial charge on any atom is -0.490 e. The number of alkyl halides is 1. The van der Waals surface area contributed by atoms with E-state index in [1.165, 1.54) is 0 Å². The van der Waals surface area contributed by atoms with Gasteiger partial charge in [0.25, 0.3) is 0 Å². The Morgan fingerprint density at radius 3 is 2.69 bits per heavy atom. The number of hydrogen-bond acceptors (Lipinski definition) is 4. The van der Waals surface area contributed by atoms with Crippen LogP contribution in [0.15, 0.2) is 36.5 Å². The molecule has 0 radical (unpaired) electrons. The van der Waals surface area contributed by atoms with Gasteiger partial charge in [0.05, 0.1) is 5.02 Å². The molecule has 0 spiro atoms. The van der Waals surface area contributed by atoms with Crippen LogP contribution in [0.1, 0.15) is 46.5 Å². The molecule has 0 amide bonds. The smallest absolute Gasteiger partial charge is 0.138 e. The van der Waals surface area contributed by atoms with Crippen molar-refractivity contribution in [3.63, 3.8) is 0 Å². The van der Waals surface area contributed by atoms with Gasteiger partial charge in [-0.05, 0) is 73.9 Å². The summed E-state index contributed by atoms with van der Waals surface area (Å²) >= 11 is 6.47. The van der Waals surface area contributed by atoms with Gasteiger partial charge in [-0.1, -0.05) is 31.5 Å². The molecule has 1 aliphatic rings. The lowest BCUT2D eigenvalue weighted by Crippen LogP contribution is -2.43. The van der Waals surface area contributed by atoms with Gasteiger partial charge in [-0.2, -0.15) is 0 Å². The summed E-state index contributed by atoms with van der Waals surface area (Å²) in [6.45, 7) is 6.70. The fourth-order valence-electron chi connectivity index (χ4n) is 3.99. The lowest BCUT2D eigenvalue weighted by atomic mass is 9.93. The standard InChI is InChI=1S/C23H31ClFN3O/c1-15(2)13-23(3,26)14-29-21-7-4-16(10-20(21)24)17-8-9-27-22(11-17)28-19-6-5-18(25)12-19/h4,7-11,15,18-19H,5-6,12-14,26H2,1-3H3,(H,27,28)/t18?,19?,23-/m0/s1. The van der Waals surface area contributed by atoms with Crippen molar-refractivity contribution >= 4 is 17.4 Å². The van der Waals surface area contributed by atoms with E-state index in [1.54, 1.807) is 6.20 Å². The summed E-state index contributed by atoms with van der Waals surface area (Å²) in [5.41, 5.74) is 7.89. The van der Waals surface area contributed by atoms with Crippen LogP contribution in [0.3, 0.4) is 0 Å². The zero-order valence-electron chi connectivity index (χ0n) is 17.4. The van der Waals surface area contributed by atoms with E-state index in [0.29, 0.717) is 36.1 Å². The average molecular weight is 420 g/mol. The molecule has 2 unspecified atom stereocenters. The maximum Gasteiger partial charge on any atom is 0.138 e. The molecule has 158 valence electrons. The minimum atomic E-state index is -0.710. The molecule has 6 heteroatoms. The van der Waals surface area contributed by atoms with Crippen LogP contribution < -0.4 is 15.8 Å². The first-order valence-electron chi connectivity index (χ1n) is 10.3. The molecule has 1 aromatic carbocycles. The lowest BCUT2D eigenvalue weighted by Gasteiger charge is -2.26. The molecule has 0 saturated heterocycles. The Bertz CT molecular complexity index is 828. The van der Waals surface area contributed by atoms with Crippen molar-refractivity contribution in [3.8, 4) is 16.9 Å². The van der Waals surface area contributed by atoms with Crippen molar-refractivity contribution < 1.29 is 9.13 Å². The number of hydrogen-bond donors (Lipinski definition) is 2. The molecule has 1 aliphatic carbocycles. The number of anilines is 1. The zero-order valence-corrected chi connectivity index (χ0v) is 18.2. The van der Waals surface area contributed by atoms with Gasteiger partial charge in [-0.25, -0.2) is 9.37 Å². The third-order valence-corrected chi connectivity index (χ3v) is 5.47. The number of pyridine rings is 1. The molecule has 1 aromatic heterocycles. The molecule has 0 bridgehead atoms. The normalized spacial score (nSPS) is 21.2. The van der Waals surface area contributed by atoms with E-state index >= 15 is 0 Å². The average Bonchev–Trinajstić information content (AvgIpc) is 3.04. The van der Waals surface area contributed by atoms with Gasteiger partial charge in [0.2, 0.25) is 0 Å². The number of nitrogens with two attached hydrogens (primary N) is 1. The Morgan fingerprint density at radius 1 is 1.28 bits per heavy atom. The maximum absolute atomic E-state index is 13.4. The minimum absolute atomic E-state index is 0.142. The SMILES string of the molecule is CC(C)C[C@](C)(N)COc1ccc(-c2ccnc(NC3CCC(F)C3)c2)cc1Cl. The molecule has 4 nitrogen and oxygen atoms in total. The van der Waals surface area contributed by atoms with E-state index in [4.69, 9.17) is 22.1 Å². The lowest BCUT2D eigenvalue weighted by molar-refractivity contribution is 0.207. The quantitative estimate of drug-likeness (QED) is 0.563. The van der Waals surface area contributed by atoms with Crippen molar-refractivity contribution in [1.82, 2.24) is 4.98 Å². The van der Waals surface area contributed by atoms with Gasteiger partial charge in [0, 0.05) is 17.8 Å². The molecule has 1 fully saturated rings. The highest BCUT2D eigenvalue weighted by atomic mass is 35.5. The zero-order chi connectivity index (χ0) is 21.0. The predicted octanol–water partition coefficient (Wildman–Crippen LogP) is 5.85. The molecule has 2 aromatic rings. The summed E-state index contributed by atoms with van der Waals surface area (Å²) in [4.78, 5) is 4.37. The summed E-state index contributed by atoms with van der Waals surface area (Å²) in [5, 5.41) is 3.88. The van der Waals surface area contributed by atoms with Crippen molar-refractivity contribution in [2.75, 3.05) is 11.9 Å². The summed E-state index contributed by atoms with van der Waals surface area (Å²) in [7, 11) is 0. The highest BCUT2D eigenvalue weighted by molar-refractivity contribution is 6.32. The van der Waals surface area contributed by atoms with Crippen molar-refractivity contribution in [3.05, 3.63) is 41.6 Å². The van der Waals surface area contributed by atoms with Crippen LogP contribution in [0.25, 0.3) is 11.1 Å². The van der Waals surface area contributed by atoms with Crippen LogP contribution in [0.2, 0.25) is 5.02 Å². The summed E-state index contributed by atoms with van der Waals surface area (Å²) in [5.74, 6) is 1.88. The number of nitrogens with one attached hydrogen (secondary N) is 1. The van der Waals surface area contributed by atoms with E-state index in [0.717, 1.165) is 29.8 Å². The molecule has 3 N–H and O–H groups in total. The number of aromatic nitrogens is 1. The first-order valence-corrected chi connectivity index (χ1v) is 10.7. The van der Waals surface area contributed by atoms with Gasteiger partial charge in [0.1, 0.15) is 24.3 Å². The topological polar surface area (TPSA) is 60.2 Å². The van der Waals surface area contributed by atoms with E-state index in [-0.39, 0.29) is 6.04 Å². The molecular weight excluding hydrogens is 389 g/mol. The highest BCUT2D eigenvalue weighted by Gasteiger charge is 2.24. The second kappa shape index (κ2) is 9.31. The number of rotatable bonds is 8. The van der Waals surface area contributed by atoms with Crippen LogP contribution in [-0.4, -0.2) is 29.3 Å². The fraction of sp³-hybridized carbons (Fsp3) is 0.522. The second-order valence-electron chi connectivity index (χ2n) is 8.87. The Hall–Kier alpha value is -1.85. The first kappa shape index (κ1) is 21.8. The monoisotopic (exact) mass is 419 g/mol. The second-order valence-corrected chi connectivity index (χ2v) is 9.27. The van der Waals surface area contributed by atoms with Crippen LogP contribution in [0.5, 0.6) is 5.75 Å². The van der Waals surface area contributed by atoms with E-state index in [9.17, 15) is 4.39 Å². The van der Waals surface area contributed by atoms with E-state index < -0.39 is 11.7 Å². The van der Waals surface area contributed by atoms with Crippen LogP contribution in [0, 0.1) is 5.92 Å². The van der Waals surface area contributed by atoms with Crippen LogP contribution >= 0.6 is 11.6 Å². The van der Waals surface area contributed by atoms with Crippen molar-refractivity contribution in [2.24, 2.45) is 11.7 Å². The molecular formula is C23H31ClFN3O. The number of ether oxygens (including phenoxy) is 1. The van der Waals surface area contributed by atoms with E-state index in [1.807, 2.05) is 37.3 Å². The van der Waals surface area contributed by atoms with Crippen LogP contribution in [-0.2, 0) is 0 Å². The molecule has 1 saturated carbocycles. The summed E-state index contributed by atoms with van der Waals surface area (Å²) in [6, 6.07) is 9.79. The molecule has 3 rings (SSSR count). The van der Waals surface area contributed by atoms with Gasteiger partial charge in [0.15, 0.2) is 0 Å². The Morgan fingerprint density at radius 2 is 2.03 bits per heavy atom. The highest BCUT2D eigenvalue weighted by Crippen LogP contribution is 2.32. The number of benzene rings is 1. The Labute approximate surface area is 178 Å². The first-order chi connectivity index (χ1) is 13.7. The van der Waals surface area contributed by atoms with Gasteiger partial charge in [-0.3, -0.25) is 0 Å². The Kier molecular flexibility index (Phi) is 7.01.